The van der Waals surface area contributed by atoms with E-state index in [1.54, 1.807) is 69.3 Å². The maximum Gasteiger partial charge on any atom is 0.416 e. The van der Waals surface area contributed by atoms with Crippen molar-refractivity contribution in [3.8, 4) is 0 Å². The molecule has 2 aromatic carbocycles. The molecule has 0 aliphatic heterocycles. The zero-order valence-electron chi connectivity index (χ0n) is 26.0. The summed E-state index contributed by atoms with van der Waals surface area (Å²) in [6.07, 6.45) is -0.331. The molecule has 0 saturated heterocycles. The standard InChI is InChI=1S/C33H44N2O8/c1-23(2)20-26(29(37)34-19-13-18-27(36)35(6)32(40)43-33(3,4)5)28(30(38)41-21-24-14-9-7-10-15-24)31(39)42-22-25-16-11-8-12-17-25/h7-12,14-17,23,26,28H,13,18-22H2,1-6H3,(H,34,37)/t26-/m1/s1. The minimum absolute atomic E-state index is 0.0213. The molecule has 0 radical (unpaired) electrons. The third-order valence-corrected chi connectivity index (χ3v) is 6.33. The topological polar surface area (TPSA) is 128 Å². The number of hydrogen-bond acceptors (Lipinski definition) is 8. The van der Waals surface area contributed by atoms with Gasteiger partial charge in [-0.05, 0) is 50.7 Å². The predicted octanol–water partition coefficient (Wildman–Crippen LogP) is 5.04. The molecule has 0 aliphatic rings. The number of imide groups is 1. The fourth-order valence-corrected chi connectivity index (χ4v) is 4.15. The molecule has 0 saturated carbocycles. The van der Waals surface area contributed by atoms with Crippen LogP contribution < -0.4 is 5.32 Å². The van der Waals surface area contributed by atoms with Crippen molar-refractivity contribution in [2.45, 2.75) is 72.7 Å². The van der Waals surface area contributed by atoms with E-state index in [1.165, 1.54) is 7.05 Å². The second kappa shape index (κ2) is 17.0. The first-order valence-electron chi connectivity index (χ1n) is 14.5. The smallest absolute Gasteiger partial charge is 0.416 e. The Morgan fingerprint density at radius 1 is 0.814 bits per heavy atom. The van der Waals surface area contributed by atoms with Crippen LogP contribution in [0.1, 0.15) is 65.0 Å². The molecule has 43 heavy (non-hydrogen) atoms. The van der Waals surface area contributed by atoms with Gasteiger partial charge in [-0.1, -0.05) is 74.5 Å². The molecular formula is C33H44N2O8. The molecule has 2 rings (SSSR count). The summed E-state index contributed by atoms with van der Waals surface area (Å²) in [5, 5.41) is 2.75. The SMILES string of the molecule is CC(C)C[C@@H](C(=O)NCCCC(=O)N(C)C(=O)OC(C)(C)C)C(C(=O)OCc1ccccc1)C(=O)OCc1ccccc1. The van der Waals surface area contributed by atoms with Crippen LogP contribution in [0.4, 0.5) is 4.79 Å². The summed E-state index contributed by atoms with van der Waals surface area (Å²) in [4.78, 5) is 65.6. The van der Waals surface area contributed by atoms with Crippen LogP contribution in [0.15, 0.2) is 60.7 Å². The molecule has 3 amide bonds. The summed E-state index contributed by atoms with van der Waals surface area (Å²) < 4.78 is 16.2. The van der Waals surface area contributed by atoms with Crippen molar-refractivity contribution in [3.05, 3.63) is 71.8 Å². The van der Waals surface area contributed by atoms with Crippen molar-refractivity contribution in [2.24, 2.45) is 17.8 Å². The predicted molar refractivity (Wildman–Crippen MR) is 160 cm³/mol. The van der Waals surface area contributed by atoms with Gasteiger partial charge in [-0.25, -0.2) is 4.79 Å². The average molecular weight is 597 g/mol. The maximum absolute atomic E-state index is 13.4. The highest BCUT2D eigenvalue weighted by molar-refractivity contribution is 6.00. The molecule has 0 fully saturated rings. The van der Waals surface area contributed by atoms with Gasteiger partial charge in [0.05, 0.1) is 5.92 Å². The quantitative estimate of drug-likeness (QED) is 0.139. The van der Waals surface area contributed by atoms with Crippen LogP contribution in [0.2, 0.25) is 0 Å². The molecule has 1 atom stereocenters. The van der Waals surface area contributed by atoms with Crippen LogP contribution >= 0.6 is 0 Å². The highest BCUT2D eigenvalue weighted by Gasteiger charge is 2.42. The summed E-state index contributed by atoms with van der Waals surface area (Å²) in [6, 6.07) is 18.0. The first-order chi connectivity index (χ1) is 20.3. The number of amides is 3. The van der Waals surface area contributed by atoms with Gasteiger partial charge in [0.2, 0.25) is 11.8 Å². The molecule has 0 aliphatic carbocycles. The third kappa shape index (κ3) is 12.7. The second-order valence-corrected chi connectivity index (χ2v) is 11.7. The lowest BCUT2D eigenvalue weighted by molar-refractivity contribution is -0.169. The summed E-state index contributed by atoms with van der Waals surface area (Å²) in [6.45, 7) is 8.83. The molecule has 0 bridgehead atoms. The van der Waals surface area contributed by atoms with Gasteiger partial charge in [-0.3, -0.25) is 24.1 Å². The Labute approximate surface area is 254 Å². The number of hydrogen-bond donors (Lipinski definition) is 1. The van der Waals surface area contributed by atoms with Gasteiger partial charge in [-0.2, -0.15) is 0 Å². The van der Waals surface area contributed by atoms with Gasteiger partial charge in [0.25, 0.3) is 0 Å². The van der Waals surface area contributed by atoms with Gasteiger partial charge in [0.15, 0.2) is 5.92 Å². The Morgan fingerprint density at radius 3 is 1.74 bits per heavy atom. The van der Waals surface area contributed by atoms with Crippen molar-refractivity contribution < 1.29 is 38.2 Å². The Bertz CT molecular complexity index is 1150. The Balaban J connectivity index is 2.11. The number of carbonyl (C=O) groups excluding carboxylic acids is 5. The Kier molecular flexibility index (Phi) is 13.9. The maximum atomic E-state index is 13.4. The summed E-state index contributed by atoms with van der Waals surface area (Å²) in [5.74, 6) is -5.28. The van der Waals surface area contributed by atoms with E-state index in [2.05, 4.69) is 5.32 Å². The molecule has 234 valence electrons. The van der Waals surface area contributed by atoms with Gasteiger partial charge in [0, 0.05) is 20.0 Å². The zero-order valence-corrected chi connectivity index (χ0v) is 26.0. The van der Waals surface area contributed by atoms with Crippen molar-refractivity contribution in [2.75, 3.05) is 13.6 Å². The van der Waals surface area contributed by atoms with E-state index in [0.717, 1.165) is 16.0 Å². The minimum Gasteiger partial charge on any atom is -0.460 e. The molecule has 10 heteroatoms. The molecular weight excluding hydrogens is 552 g/mol. The molecule has 0 aromatic heterocycles. The number of carbonyl (C=O) groups is 5. The monoisotopic (exact) mass is 596 g/mol. The Morgan fingerprint density at radius 2 is 1.30 bits per heavy atom. The van der Waals surface area contributed by atoms with Crippen LogP contribution in [-0.2, 0) is 46.6 Å². The average Bonchev–Trinajstić information content (AvgIpc) is 2.96. The van der Waals surface area contributed by atoms with Gasteiger partial charge in [-0.15, -0.1) is 0 Å². The van der Waals surface area contributed by atoms with Gasteiger partial charge < -0.3 is 19.5 Å². The molecule has 0 unspecified atom stereocenters. The number of rotatable bonds is 14. The van der Waals surface area contributed by atoms with E-state index >= 15 is 0 Å². The highest BCUT2D eigenvalue weighted by atomic mass is 16.6. The van der Waals surface area contributed by atoms with Crippen molar-refractivity contribution in [1.82, 2.24) is 10.2 Å². The highest BCUT2D eigenvalue weighted by Crippen LogP contribution is 2.25. The summed E-state index contributed by atoms with van der Waals surface area (Å²) in [5.41, 5.74) is 0.725. The van der Waals surface area contributed by atoms with Crippen LogP contribution in [0.3, 0.4) is 0 Å². The first kappa shape index (κ1) is 35.0. The van der Waals surface area contributed by atoms with Crippen LogP contribution in [0.5, 0.6) is 0 Å². The lowest BCUT2D eigenvalue weighted by Crippen LogP contribution is -2.44. The van der Waals surface area contributed by atoms with Crippen molar-refractivity contribution in [1.29, 1.82) is 0 Å². The second-order valence-electron chi connectivity index (χ2n) is 11.7. The molecule has 0 spiro atoms. The van der Waals surface area contributed by atoms with Crippen LogP contribution in [-0.4, -0.2) is 53.9 Å². The normalized spacial score (nSPS) is 11.9. The summed E-state index contributed by atoms with van der Waals surface area (Å²) in [7, 11) is 1.33. The van der Waals surface area contributed by atoms with Crippen LogP contribution in [0.25, 0.3) is 0 Å². The fraction of sp³-hybridized carbons (Fsp3) is 0.485. The number of benzene rings is 2. The number of nitrogens with one attached hydrogen (secondary N) is 1. The van der Waals surface area contributed by atoms with Gasteiger partial charge in [0.1, 0.15) is 18.8 Å². The fourth-order valence-electron chi connectivity index (χ4n) is 4.15. The van der Waals surface area contributed by atoms with Gasteiger partial charge >= 0.3 is 18.0 Å². The molecule has 1 N–H and O–H groups in total. The van der Waals surface area contributed by atoms with Crippen LogP contribution in [0, 0.1) is 17.8 Å². The van der Waals surface area contributed by atoms with Crippen molar-refractivity contribution >= 4 is 29.8 Å². The van der Waals surface area contributed by atoms with E-state index in [0.29, 0.717) is 0 Å². The molecule has 2 aromatic rings. The summed E-state index contributed by atoms with van der Waals surface area (Å²) >= 11 is 0. The van der Waals surface area contributed by atoms with E-state index < -0.39 is 47.3 Å². The minimum atomic E-state index is -1.49. The lowest BCUT2D eigenvalue weighted by atomic mass is 9.84. The third-order valence-electron chi connectivity index (χ3n) is 6.33. The van der Waals surface area contributed by atoms with Crippen molar-refractivity contribution in [3.63, 3.8) is 0 Å². The van der Waals surface area contributed by atoms with E-state index in [1.807, 2.05) is 26.0 Å². The van der Waals surface area contributed by atoms with E-state index in [-0.39, 0.29) is 44.9 Å². The number of nitrogens with zero attached hydrogens (tertiary/aromatic N) is 1. The van der Waals surface area contributed by atoms with E-state index in [9.17, 15) is 24.0 Å². The zero-order chi connectivity index (χ0) is 32.0. The van der Waals surface area contributed by atoms with E-state index in [4.69, 9.17) is 14.2 Å². The largest absolute Gasteiger partial charge is 0.460 e. The molecule has 10 nitrogen and oxygen atoms in total. The number of esters is 2. The Hall–Kier alpha value is -4.21. The lowest BCUT2D eigenvalue weighted by Gasteiger charge is -2.25. The first-order valence-corrected chi connectivity index (χ1v) is 14.5. The number of ether oxygens (including phenoxy) is 3. The molecule has 0 heterocycles.